The van der Waals surface area contributed by atoms with Gasteiger partial charge in [-0.25, -0.2) is 8.42 Å². The molecule has 0 saturated heterocycles. The molecule has 7 heteroatoms. The van der Waals surface area contributed by atoms with E-state index in [9.17, 15) is 8.42 Å². The van der Waals surface area contributed by atoms with Gasteiger partial charge in [-0.1, -0.05) is 12.1 Å². The molecule has 5 nitrogen and oxygen atoms in total. The SMILES string of the molecule is COc1ccc(OC)c(NS(=O)(=O)c2ccc(CCl)cc2)c1. The van der Waals surface area contributed by atoms with Crippen LogP contribution in [0.5, 0.6) is 11.5 Å². The Morgan fingerprint density at radius 2 is 1.73 bits per heavy atom. The number of anilines is 1. The lowest BCUT2D eigenvalue weighted by atomic mass is 10.2. The summed E-state index contributed by atoms with van der Waals surface area (Å²) in [6.07, 6.45) is 0. The zero-order valence-corrected chi connectivity index (χ0v) is 13.7. The average Bonchev–Trinajstić information content (AvgIpc) is 2.54. The van der Waals surface area contributed by atoms with Crippen molar-refractivity contribution < 1.29 is 17.9 Å². The summed E-state index contributed by atoms with van der Waals surface area (Å²) >= 11 is 5.70. The van der Waals surface area contributed by atoms with Crippen LogP contribution in [0.1, 0.15) is 5.56 Å². The molecule has 0 aliphatic carbocycles. The first-order valence-corrected chi connectivity index (χ1v) is 8.41. The van der Waals surface area contributed by atoms with E-state index < -0.39 is 10.0 Å². The molecule has 0 spiro atoms. The largest absolute Gasteiger partial charge is 0.497 e. The molecule has 0 aliphatic heterocycles. The second-order valence-electron chi connectivity index (χ2n) is 4.45. The zero-order chi connectivity index (χ0) is 16.2. The topological polar surface area (TPSA) is 64.6 Å². The number of nitrogens with one attached hydrogen (secondary N) is 1. The van der Waals surface area contributed by atoms with Gasteiger partial charge in [-0.2, -0.15) is 0 Å². The van der Waals surface area contributed by atoms with E-state index in [1.807, 2.05) is 0 Å². The van der Waals surface area contributed by atoms with Crippen LogP contribution in [0.15, 0.2) is 47.4 Å². The minimum absolute atomic E-state index is 0.145. The van der Waals surface area contributed by atoms with Crippen LogP contribution in [0.25, 0.3) is 0 Å². The number of hydrogen-bond acceptors (Lipinski definition) is 4. The Bertz CT molecular complexity index is 745. The van der Waals surface area contributed by atoms with Crippen molar-refractivity contribution in [1.29, 1.82) is 0 Å². The maximum absolute atomic E-state index is 12.4. The Morgan fingerprint density at radius 1 is 1.05 bits per heavy atom. The molecule has 0 bridgehead atoms. The predicted molar refractivity (Wildman–Crippen MR) is 86.4 cm³/mol. The molecule has 0 aliphatic rings. The fourth-order valence-electron chi connectivity index (χ4n) is 1.86. The smallest absolute Gasteiger partial charge is 0.262 e. The first kappa shape index (κ1) is 16.5. The number of halogens is 1. The third kappa shape index (κ3) is 3.64. The molecule has 2 aromatic rings. The fourth-order valence-corrected chi connectivity index (χ4v) is 3.09. The van der Waals surface area contributed by atoms with E-state index in [0.717, 1.165) is 5.56 Å². The number of hydrogen-bond donors (Lipinski definition) is 1. The Morgan fingerprint density at radius 3 is 2.27 bits per heavy atom. The highest BCUT2D eigenvalue weighted by atomic mass is 35.5. The Balaban J connectivity index is 2.35. The number of alkyl halides is 1. The second-order valence-corrected chi connectivity index (χ2v) is 6.40. The van der Waals surface area contributed by atoms with Gasteiger partial charge in [0.1, 0.15) is 11.5 Å². The molecule has 0 heterocycles. The first-order chi connectivity index (χ1) is 10.5. The standard InChI is InChI=1S/C15H16ClNO4S/c1-20-12-5-8-15(21-2)14(9-12)17-22(18,19)13-6-3-11(10-16)4-7-13/h3-9,17H,10H2,1-2H3. The van der Waals surface area contributed by atoms with Gasteiger partial charge >= 0.3 is 0 Å². The Labute approximate surface area is 134 Å². The number of sulfonamides is 1. The number of ether oxygens (including phenoxy) is 2. The molecule has 0 amide bonds. The molecule has 0 saturated carbocycles. The summed E-state index contributed by atoms with van der Waals surface area (Å²) < 4.78 is 37.6. The van der Waals surface area contributed by atoms with Crippen LogP contribution >= 0.6 is 11.6 Å². The molecule has 0 aromatic heterocycles. The maximum Gasteiger partial charge on any atom is 0.262 e. The fraction of sp³-hybridized carbons (Fsp3) is 0.200. The maximum atomic E-state index is 12.4. The van der Waals surface area contributed by atoms with Gasteiger partial charge in [0, 0.05) is 11.9 Å². The molecule has 2 aromatic carbocycles. The van der Waals surface area contributed by atoms with E-state index in [-0.39, 0.29) is 4.90 Å². The highest BCUT2D eigenvalue weighted by molar-refractivity contribution is 7.92. The number of benzene rings is 2. The van der Waals surface area contributed by atoms with Gasteiger partial charge in [-0.05, 0) is 29.8 Å². The van der Waals surface area contributed by atoms with Crippen molar-refractivity contribution >= 4 is 27.3 Å². The van der Waals surface area contributed by atoms with Crippen LogP contribution in [0.2, 0.25) is 0 Å². The summed E-state index contributed by atoms with van der Waals surface area (Å²) in [6, 6.07) is 11.2. The predicted octanol–water partition coefficient (Wildman–Crippen LogP) is 3.24. The normalized spacial score (nSPS) is 11.0. The van der Waals surface area contributed by atoms with Crippen LogP contribution in [0.3, 0.4) is 0 Å². The van der Waals surface area contributed by atoms with Gasteiger partial charge in [-0.3, -0.25) is 4.72 Å². The van der Waals surface area contributed by atoms with Gasteiger partial charge in [0.05, 0.1) is 24.8 Å². The summed E-state index contributed by atoms with van der Waals surface area (Å²) in [6.45, 7) is 0. The van der Waals surface area contributed by atoms with Crippen LogP contribution < -0.4 is 14.2 Å². The molecule has 1 N–H and O–H groups in total. The van der Waals surface area contributed by atoms with E-state index in [1.165, 1.54) is 26.4 Å². The number of rotatable bonds is 6. The van der Waals surface area contributed by atoms with Crippen molar-refractivity contribution in [2.24, 2.45) is 0 Å². The van der Waals surface area contributed by atoms with Gasteiger partial charge in [-0.15, -0.1) is 11.6 Å². The van der Waals surface area contributed by atoms with Crippen molar-refractivity contribution in [1.82, 2.24) is 0 Å². The third-order valence-electron chi connectivity index (χ3n) is 3.04. The van der Waals surface area contributed by atoms with Crippen molar-refractivity contribution in [3.8, 4) is 11.5 Å². The Hall–Kier alpha value is -1.92. The quantitative estimate of drug-likeness (QED) is 0.819. The van der Waals surface area contributed by atoms with E-state index in [4.69, 9.17) is 21.1 Å². The number of methoxy groups -OCH3 is 2. The molecule has 118 valence electrons. The zero-order valence-electron chi connectivity index (χ0n) is 12.2. The van der Waals surface area contributed by atoms with Crippen molar-refractivity contribution in [2.75, 3.05) is 18.9 Å². The molecule has 0 unspecified atom stereocenters. The monoisotopic (exact) mass is 341 g/mol. The second kappa shape index (κ2) is 6.89. The summed E-state index contributed by atoms with van der Waals surface area (Å²) in [5, 5.41) is 0. The minimum atomic E-state index is -3.72. The van der Waals surface area contributed by atoms with E-state index in [0.29, 0.717) is 23.1 Å². The third-order valence-corrected chi connectivity index (χ3v) is 4.73. The molecular formula is C15H16ClNO4S. The van der Waals surface area contributed by atoms with Gasteiger partial charge in [0.2, 0.25) is 0 Å². The average molecular weight is 342 g/mol. The summed E-state index contributed by atoms with van der Waals surface area (Å²) in [7, 11) is -0.752. The molecule has 0 radical (unpaired) electrons. The molecule has 0 atom stereocenters. The van der Waals surface area contributed by atoms with Crippen LogP contribution in [0, 0.1) is 0 Å². The highest BCUT2D eigenvalue weighted by Gasteiger charge is 2.17. The van der Waals surface area contributed by atoms with E-state index >= 15 is 0 Å². The van der Waals surface area contributed by atoms with Crippen molar-refractivity contribution in [3.05, 3.63) is 48.0 Å². The lowest BCUT2D eigenvalue weighted by Crippen LogP contribution is -2.13. The van der Waals surface area contributed by atoms with Crippen LogP contribution in [0.4, 0.5) is 5.69 Å². The molecular weight excluding hydrogens is 326 g/mol. The first-order valence-electron chi connectivity index (χ1n) is 6.40. The van der Waals surface area contributed by atoms with Crippen molar-refractivity contribution in [3.63, 3.8) is 0 Å². The molecule has 0 fully saturated rings. The van der Waals surface area contributed by atoms with Crippen molar-refractivity contribution in [2.45, 2.75) is 10.8 Å². The van der Waals surface area contributed by atoms with E-state index in [2.05, 4.69) is 4.72 Å². The summed E-state index contributed by atoms with van der Waals surface area (Å²) in [4.78, 5) is 0.145. The lowest BCUT2D eigenvalue weighted by Gasteiger charge is -2.13. The summed E-state index contributed by atoms with van der Waals surface area (Å²) in [5.41, 5.74) is 1.16. The van der Waals surface area contributed by atoms with Gasteiger partial charge < -0.3 is 9.47 Å². The van der Waals surface area contributed by atoms with Crippen LogP contribution in [-0.4, -0.2) is 22.6 Å². The van der Waals surface area contributed by atoms with Gasteiger partial charge in [0.15, 0.2) is 0 Å². The lowest BCUT2D eigenvalue weighted by molar-refractivity contribution is 0.405. The molecule has 2 rings (SSSR count). The van der Waals surface area contributed by atoms with E-state index in [1.54, 1.807) is 30.3 Å². The van der Waals surface area contributed by atoms with Gasteiger partial charge in [0.25, 0.3) is 10.0 Å². The minimum Gasteiger partial charge on any atom is -0.497 e. The van der Waals surface area contributed by atoms with Crippen LogP contribution in [-0.2, 0) is 15.9 Å². The molecule has 22 heavy (non-hydrogen) atoms. The highest BCUT2D eigenvalue weighted by Crippen LogP contribution is 2.30. The Kier molecular flexibility index (Phi) is 5.15. The summed E-state index contributed by atoms with van der Waals surface area (Å²) in [5.74, 6) is 1.26.